The molecule has 128 valence electrons. The number of fused-ring (bicyclic) bond motifs is 1. The minimum absolute atomic E-state index is 0.125. The number of hydrogen-bond acceptors (Lipinski definition) is 6. The molecule has 3 rings (SSSR count). The highest BCUT2D eigenvalue weighted by atomic mass is 16.1. The van der Waals surface area contributed by atoms with Crippen LogP contribution in [-0.2, 0) is 13.1 Å². The molecule has 0 saturated carbocycles. The Kier molecular flexibility index (Phi) is 4.75. The van der Waals surface area contributed by atoms with Crippen molar-refractivity contribution in [2.24, 2.45) is 0 Å². The molecule has 0 saturated heterocycles. The van der Waals surface area contributed by atoms with Gasteiger partial charge in [-0.3, -0.25) is 9.48 Å². The fraction of sp³-hybridized carbons (Fsp3) is 0.500. The largest absolute Gasteiger partial charge is 0.349 e. The van der Waals surface area contributed by atoms with Crippen molar-refractivity contribution in [3.63, 3.8) is 0 Å². The highest BCUT2D eigenvalue weighted by molar-refractivity contribution is 5.92. The fourth-order valence-electron chi connectivity index (χ4n) is 2.62. The van der Waals surface area contributed by atoms with Gasteiger partial charge in [0.25, 0.3) is 5.91 Å². The maximum atomic E-state index is 12.2. The van der Waals surface area contributed by atoms with E-state index in [4.69, 9.17) is 0 Å². The van der Waals surface area contributed by atoms with Gasteiger partial charge in [-0.15, -0.1) is 5.10 Å². The zero-order chi connectivity index (χ0) is 17.1. The molecule has 1 amide bonds. The van der Waals surface area contributed by atoms with E-state index in [1.165, 1.54) is 0 Å². The van der Waals surface area contributed by atoms with E-state index < -0.39 is 0 Å². The van der Waals surface area contributed by atoms with Crippen molar-refractivity contribution < 1.29 is 4.79 Å². The van der Waals surface area contributed by atoms with Crippen LogP contribution in [0.15, 0.2) is 18.2 Å². The second-order valence-corrected chi connectivity index (χ2v) is 6.26. The smallest absolute Gasteiger partial charge is 0.271 e. The molecular weight excluding hydrogens is 306 g/mol. The summed E-state index contributed by atoms with van der Waals surface area (Å²) in [6.45, 7) is 5.54. The van der Waals surface area contributed by atoms with Crippen LogP contribution < -0.4 is 10.2 Å². The van der Waals surface area contributed by atoms with E-state index in [-0.39, 0.29) is 5.91 Å². The molecule has 8 nitrogen and oxygen atoms in total. The van der Waals surface area contributed by atoms with Crippen molar-refractivity contribution in [2.45, 2.75) is 20.0 Å². The summed E-state index contributed by atoms with van der Waals surface area (Å²) < 4.78 is 1.90. The van der Waals surface area contributed by atoms with E-state index in [1.54, 1.807) is 0 Å². The Morgan fingerprint density at radius 2 is 2.12 bits per heavy atom. The van der Waals surface area contributed by atoms with Crippen LogP contribution in [0.4, 0.5) is 5.82 Å². The van der Waals surface area contributed by atoms with Gasteiger partial charge in [0.1, 0.15) is 0 Å². The third-order valence-electron chi connectivity index (χ3n) is 3.98. The van der Waals surface area contributed by atoms with Crippen LogP contribution in [0.1, 0.15) is 21.9 Å². The topological polar surface area (TPSA) is 79.2 Å². The average molecular weight is 329 g/mol. The van der Waals surface area contributed by atoms with Gasteiger partial charge in [0, 0.05) is 19.6 Å². The second kappa shape index (κ2) is 6.96. The van der Waals surface area contributed by atoms with E-state index in [2.05, 4.69) is 25.5 Å². The Morgan fingerprint density at radius 3 is 2.83 bits per heavy atom. The van der Waals surface area contributed by atoms with Gasteiger partial charge < -0.3 is 15.1 Å². The number of hydrogen-bond donors (Lipinski definition) is 1. The highest BCUT2D eigenvalue weighted by Gasteiger charge is 2.21. The number of anilines is 1. The molecule has 2 aromatic rings. The van der Waals surface area contributed by atoms with Crippen LogP contribution in [0.5, 0.6) is 0 Å². The van der Waals surface area contributed by atoms with Crippen LogP contribution in [0.3, 0.4) is 0 Å². The van der Waals surface area contributed by atoms with Crippen molar-refractivity contribution >= 4 is 11.7 Å². The molecule has 0 atom stereocenters. The summed E-state index contributed by atoms with van der Waals surface area (Å²) in [4.78, 5) is 16.4. The molecule has 0 aliphatic carbocycles. The number of nitrogens with zero attached hydrogens (tertiary/aromatic N) is 6. The predicted octanol–water partition coefficient (Wildman–Crippen LogP) is 0.293. The SMILES string of the molecule is Cc1ccc(N2CCn3nc(C(=O)NCCN(C)C)cc3C2)nn1. The highest BCUT2D eigenvalue weighted by Crippen LogP contribution is 2.19. The molecule has 1 aliphatic rings. The molecule has 24 heavy (non-hydrogen) atoms. The van der Waals surface area contributed by atoms with Crippen molar-refractivity contribution in [3.8, 4) is 0 Å². The third-order valence-corrected chi connectivity index (χ3v) is 3.98. The van der Waals surface area contributed by atoms with Gasteiger partial charge in [-0.25, -0.2) is 0 Å². The van der Waals surface area contributed by atoms with Gasteiger partial charge >= 0.3 is 0 Å². The number of nitrogens with one attached hydrogen (secondary N) is 1. The Bertz CT molecular complexity index is 708. The molecule has 3 heterocycles. The van der Waals surface area contributed by atoms with Gasteiger partial charge in [0.05, 0.1) is 24.5 Å². The monoisotopic (exact) mass is 329 g/mol. The maximum Gasteiger partial charge on any atom is 0.271 e. The molecule has 8 heteroatoms. The Labute approximate surface area is 141 Å². The summed E-state index contributed by atoms with van der Waals surface area (Å²) >= 11 is 0. The lowest BCUT2D eigenvalue weighted by molar-refractivity contribution is 0.0945. The second-order valence-electron chi connectivity index (χ2n) is 6.26. The summed E-state index contributed by atoms with van der Waals surface area (Å²) in [6.07, 6.45) is 0. The molecule has 1 aliphatic heterocycles. The Balaban J connectivity index is 1.66. The van der Waals surface area contributed by atoms with Gasteiger partial charge in [0.2, 0.25) is 0 Å². The lowest BCUT2D eigenvalue weighted by Crippen LogP contribution is -2.34. The van der Waals surface area contributed by atoms with Crippen LogP contribution in [-0.4, -0.2) is 64.5 Å². The summed E-state index contributed by atoms with van der Waals surface area (Å²) in [5.41, 5.74) is 2.39. The first-order valence-corrected chi connectivity index (χ1v) is 8.08. The lowest BCUT2D eigenvalue weighted by Gasteiger charge is -2.28. The summed E-state index contributed by atoms with van der Waals surface area (Å²) in [7, 11) is 3.95. The predicted molar refractivity (Wildman–Crippen MR) is 90.9 cm³/mol. The van der Waals surface area contributed by atoms with Crippen molar-refractivity contribution in [3.05, 3.63) is 35.3 Å². The molecule has 0 spiro atoms. The fourth-order valence-corrected chi connectivity index (χ4v) is 2.62. The summed E-state index contributed by atoms with van der Waals surface area (Å²) in [5, 5.41) is 15.7. The number of amides is 1. The molecule has 0 unspecified atom stereocenters. The Morgan fingerprint density at radius 1 is 1.29 bits per heavy atom. The Hall–Kier alpha value is -2.48. The van der Waals surface area contributed by atoms with E-state index in [0.717, 1.165) is 36.8 Å². The first kappa shape index (κ1) is 16.4. The average Bonchev–Trinajstić information content (AvgIpc) is 2.98. The van der Waals surface area contributed by atoms with E-state index in [9.17, 15) is 4.79 Å². The maximum absolute atomic E-state index is 12.2. The molecule has 1 N–H and O–H groups in total. The molecule has 0 radical (unpaired) electrons. The number of carbonyl (C=O) groups is 1. The quantitative estimate of drug-likeness (QED) is 0.850. The zero-order valence-corrected chi connectivity index (χ0v) is 14.4. The van der Waals surface area contributed by atoms with Crippen LogP contribution in [0.25, 0.3) is 0 Å². The van der Waals surface area contributed by atoms with Crippen molar-refractivity contribution in [2.75, 3.05) is 38.6 Å². The molecular formula is C16H23N7O. The van der Waals surface area contributed by atoms with Crippen LogP contribution >= 0.6 is 0 Å². The van der Waals surface area contributed by atoms with E-state index in [0.29, 0.717) is 18.8 Å². The zero-order valence-electron chi connectivity index (χ0n) is 14.4. The summed E-state index contributed by atoms with van der Waals surface area (Å²) in [5.74, 6) is 0.727. The minimum Gasteiger partial charge on any atom is -0.349 e. The van der Waals surface area contributed by atoms with Gasteiger partial charge in [-0.1, -0.05) is 0 Å². The third kappa shape index (κ3) is 3.70. The number of carbonyl (C=O) groups excluding carboxylic acids is 1. The number of aryl methyl sites for hydroxylation is 1. The number of aromatic nitrogens is 4. The van der Waals surface area contributed by atoms with Gasteiger partial charge in [0.15, 0.2) is 11.5 Å². The van der Waals surface area contributed by atoms with Gasteiger partial charge in [-0.2, -0.15) is 10.2 Å². The first-order chi connectivity index (χ1) is 11.5. The van der Waals surface area contributed by atoms with Crippen molar-refractivity contribution in [1.29, 1.82) is 0 Å². The molecule has 2 aromatic heterocycles. The minimum atomic E-state index is -0.125. The van der Waals surface area contributed by atoms with Crippen LogP contribution in [0.2, 0.25) is 0 Å². The summed E-state index contributed by atoms with van der Waals surface area (Å²) in [6, 6.07) is 5.79. The van der Waals surface area contributed by atoms with E-state index in [1.807, 2.05) is 48.8 Å². The standard InChI is InChI=1S/C16H23N7O/c1-12-4-5-15(19-18-12)22-8-9-23-13(11-22)10-14(20-23)16(24)17-6-7-21(2)3/h4-5,10H,6-9,11H2,1-3H3,(H,17,24). The number of likely N-dealkylation sites (N-methyl/N-ethyl adjacent to an activating group) is 1. The van der Waals surface area contributed by atoms with Crippen LogP contribution in [0, 0.1) is 6.92 Å². The molecule has 0 fully saturated rings. The number of rotatable bonds is 5. The van der Waals surface area contributed by atoms with E-state index >= 15 is 0 Å². The van der Waals surface area contributed by atoms with Gasteiger partial charge in [-0.05, 0) is 39.2 Å². The molecule has 0 aromatic carbocycles. The first-order valence-electron chi connectivity index (χ1n) is 8.08. The normalized spacial score (nSPS) is 13.9. The van der Waals surface area contributed by atoms with Crippen molar-refractivity contribution in [1.82, 2.24) is 30.2 Å². The molecule has 0 bridgehead atoms. The lowest BCUT2D eigenvalue weighted by atomic mass is 10.2.